The number of unbranched alkanes of at least 4 members (excludes halogenated alkanes) is 67. The lowest BCUT2D eigenvalue weighted by Gasteiger charge is -2.22. The number of carbonyl (C=O) groups excluding carboxylic acids is 2. The van der Waals surface area contributed by atoms with E-state index in [1.54, 1.807) is 0 Å². The molecular formula is C84H165NO5. The normalized spacial score (nSPS) is 12.4. The van der Waals surface area contributed by atoms with Gasteiger partial charge in [-0.05, 0) is 51.4 Å². The van der Waals surface area contributed by atoms with Crippen molar-refractivity contribution in [3.8, 4) is 0 Å². The molecule has 0 aliphatic rings. The first-order chi connectivity index (χ1) is 44.5. The molecule has 0 heterocycles. The second-order valence-electron chi connectivity index (χ2n) is 29.2. The summed E-state index contributed by atoms with van der Waals surface area (Å²) in [5.74, 6) is -0.00622. The van der Waals surface area contributed by atoms with Crippen LogP contribution in [0.1, 0.15) is 489 Å². The number of amides is 1. The first-order valence-electron chi connectivity index (χ1n) is 41.9. The van der Waals surface area contributed by atoms with Crippen LogP contribution in [0.2, 0.25) is 0 Å². The lowest BCUT2D eigenvalue weighted by atomic mass is 10.0. The molecule has 0 saturated heterocycles. The highest BCUT2D eigenvalue weighted by molar-refractivity contribution is 5.76. The average Bonchev–Trinajstić information content (AvgIpc) is 3.68. The Bertz CT molecular complexity index is 1370. The number of hydrogen-bond donors (Lipinski definition) is 3. The van der Waals surface area contributed by atoms with Gasteiger partial charge in [0.25, 0.3) is 0 Å². The van der Waals surface area contributed by atoms with Crippen LogP contribution in [0.5, 0.6) is 0 Å². The zero-order valence-corrected chi connectivity index (χ0v) is 61.7. The summed E-state index contributed by atoms with van der Waals surface area (Å²) in [5.41, 5.74) is 0. The highest BCUT2D eigenvalue weighted by Gasteiger charge is 2.20. The third-order valence-corrected chi connectivity index (χ3v) is 20.1. The standard InChI is InChI=1S/C84H165NO5/c1-3-5-7-9-11-13-15-17-19-21-22-42-45-48-52-56-60-64-68-72-76-82(87)81(80-86)85-83(88)77-73-69-65-61-57-53-49-46-43-40-38-36-34-32-30-28-26-24-23-25-27-29-31-33-35-37-39-41-44-47-51-55-59-63-67-71-75-79-90-84(89)78-74-70-66-62-58-54-50-20-18-16-14-12-10-8-6-4-2/h20,50,81-82,86-87H,3-19,21-49,51-80H2,1-2H3,(H,85,88)/b50-20-. The van der Waals surface area contributed by atoms with Crippen molar-refractivity contribution in [2.75, 3.05) is 13.2 Å². The Hall–Kier alpha value is -1.40. The van der Waals surface area contributed by atoms with Gasteiger partial charge in [-0.1, -0.05) is 437 Å². The number of allylic oxidation sites excluding steroid dienone is 2. The number of carbonyl (C=O) groups is 2. The second kappa shape index (κ2) is 80.0. The monoisotopic (exact) mass is 1270 g/mol. The van der Waals surface area contributed by atoms with Gasteiger partial charge in [0.2, 0.25) is 5.91 Å². The molecule has 0 aliphatic heterocycles. The minimum Gasteiger partial charge on any atom is -0.466 e. The molecule has 536 valence electrons. The van der Waals surface area contributed by atoms with Gasteiger partial charge in [0.05, 0.1) is 25.4 Å². The predicted molar refractivity (Wildman–Crippen MR) is 398 cm³/mol. The molecule has 0 bridgehead atoms. The SMILES string of the molecule is CCCCCCCCC/C=C\CCCCCCCC(=O)OCCCCCCCCCCCCCCCCCCCCCCCCCCCCCCCCCCCCCCCC(=O)NC(CO)C(O)CCCCCCCCCCCCCCCCCCCCCC. The van der Waals surface area contributed by atoms with Gasteiger partial charge < -0.3 is 20.3 Å². The summed E-state index contributed by atoms with van der Waals surface area (Å²) in [6.07, 6.45) is 102. The molecule has 1 amide bonds. The van der Waals surface area contributed by atoms with E-state index in [1.807, 2.05) is 0 Å². The molecule has 0 aromatic heterocycles. The van der Waals surface area contributed by atoms with Gasteiger partial charge in [-0.2, -0.15) is 0 Å². The molecular weight excluding hydrogens is 1100 g/mol. The first-order valence-corrected chi connectivity index (χ1v) is 41.9. The number of ether oxygens (including phenoxy) is 1. The van der Waals surface area contributed by atoms with E-state index in [0.29, 0.717) is 25.9 Å². The Morgan fingerprint density at radius 2 is 0.522 bits per heavy atom. The summed E-state index contributed by atoms with van der Waals surface area (Å²) in [6.45, 7) is 5.01. The molecule has 0 aromatic rings. The number of rotatable bonds is 80. The molecule has 0 rings (SSSR count). The molecule has 6 heteroatoms. The molecule has 0 aliphatic carbocycles. The van der Waals surface area contributed by atoms with Gasteiger partial charge in [-0.3, -0.25) is 9.59 Å². The zero-order chi connectivity index (χ0) is 64.9. The van der Waals surface area contributed by atoms with E-state index >= 15 is 0 Å². The molecule has 6 nitrogen and oxygen atoms in total. The predicted octanol–water partition coefficient (Wildman–Crippen LogP) is 27.8. The van der Waals surface area contributed by atoms with Crippen molar-refractivity contribution in [1.82, 2.24) is 5.32 Å². The fraction of sp³-hybridized carbons (Fsp3) is 0.952. The summed E-state index contributed by atoms with van der Waals surface area (Å²) in [6, 6.07) is -0.537. The molecule has 0 spiro atoms. The number of esters is 1. The Balaban J connectivity index is 3.30. The van der Waals surface area contributed by atoms with Crippen LogP contribution in [-0.4, -0.2) is 47.4 Å². The van der Waals surface area contributed by atoms with E-state index in [1.165, 1.54) is 411 Å². The Morgan fingerprint density at radius 1 is 0.300 bits per heavy atom. The number of aliphatic hydroxyl groups excluding tert-OH is 2. The number of hydrogen-bond acceptors (Lipinski definition) is 5. The van der Waals surface area contributed by atoms with E-state index in [2.05, 4.69) is 31.3 Å². The van der Waals surface area contributed by atoms with Gasteiger partial charge in [-0.25, -0.2) is 0 Å². The van der Waals surface area contributed by atoms with Crippen LogP contribution in [0.15, 0.2) is 12.2 Å². The lowest BCUT2D eigenvalue weighted by Crippen LogP contribution is -2.45. The van der Waals surface area contributed by atoms with Crippen molar-refractivity contribution in [2.24, 2.45) is 0 Å². The first kappa shape index (κ1) is 88.6. The molecule has 0 aromatic carbocycles. The molecule has 3 N–H and O–H groups in total. The summed E-state index contributed by atoms with van der Waals surface area (Å²) in [4.78, 5) is 24.7. The summed E-state index contributed by atoms with van der Waals surface area (Å²) >= 11 is 0. The van der Waals surface area contributed by atoms with Crippen molar-refractivity contribution < 1.29 is 24.5 Å². The number of nitrogens with one attached hydrogen (secondary N) is 1. The van der Waals surface area contributed by atoms with E-state index in [9.17, 15) is 19.8 Å². The average molecular weight is 1270 g/mol. The van der Waals surface area contributed by atoms with Gasteiger partial charge in [0.1, 0.15) is 0 Å². The minimum atomic E-state index is -0.661. The van der Waals surface area contributed by atoms with Crippen LogP contribution >= 0.6 is 0 Å². The van der Waals surface area contributed by atoms with Crippen molar-refractivity contribution in [1.29, 1.82) is 0 Å². The van der Waals surface area contributed by atoms with Crippen LogP contribution in [0.25, 0.3) is 0 Å². The molecule has 2 unspecified atom stereocenters. The van der Waals surface area contributed by atoms with Crippen LogP contribution in [0.4, 0.5) is 0 Å². The van der Waals surface area contributed by atoms with E-state index in [-0.39, 0.29) is 18.5 Å². The third-order valence-electron chi connectivity index (χ3n) is 20.1. The summed E-state index contributed by atoms with van der Waals surface area (Å²) in [7, 11) is 0. The fourth-order valence-electron chi connectivity index (χ4n) is 13.7. The Labute approximate surface area is 565 Å². The van der Waals surface area contributed by atoms with Gasteiger partial charge in [-0.15, -0.1) is 0 Å². The third kappa shape index (κ3) is 75.6. The van der Waals surface area contributed by atoms with Gasteiger partial charge in [0.15, 0.2) is 0 Å². The maximum Gasteiger partial charge on any atom is 0.305 e. The van der Waals surface area contributed by atoms with Crippen LogP contribution in [-0.2, 0) is 14.3 Å². The summed E-state index contributed by atoms with van der Waals surface area (Å²) < 4.78 is 5.51. The van der Waals surface area contributed by atoms with E-state index in [0.717, 1.165) is 44.9 Å². The zero-order valence-electron chi connectivity index (χ0n) is 61.7. The maximum atomic E-state index is 12.6. The topological polar surface area (TPSA) is 95.9 Å². The molecule has 0 saturated carbocycles. The van der Waals surface area contributed by atoms with Gasteiger partial charge in [0, 0.05) is 12.8 Å². The van der Waals surface area contributed by atoms with Crippen molar-refractivity contribution in [2.45, 2.75) is 501 Å². The number of aliphatic hydroxyl groups is 2. The molecule has 90 heavy (non-hydrogen) atoms. The molecule has 2 atom stereocenters. The molecule has 0 radical (unpaired) electrons. The van der Waals surface area contributed by atoms with Crippen LogP contribution in [0, 0.1) is 0 Å². The summed E-state index contributed by atoms with van der Waals surface area (Å²) in [5, 5.41) is 23.5. The fourth-order valence-corrected chi connectivity index (χ4v) is 13.7. The van der Waals surface area contributed by atoms with Crippen LogP contribution in [0.3, 0.4) is 0 Å². The largest absolute Gasteiger partial charge is 0.466 e. The Morgan fingerprint density at radius 3 is 0.789 bits per heavy atom. The van der Waals surface area contributed by atoms with E-state index in [4.69, 9.17) is 4.74 Å². The lowest BCUT2D eigenvalue weighted by molar-refractivity contribution is -0.143. The van der Waals surface area contributed by atoms with Crippen molar-refractivity contribution in [3.05, 3.63) is 12.2 Å². The van der Waals surface area contributed by atoms with E-state index < -0.39 is 12.1 Å². The quantitative estimate of drug-likeness (QED) is 0.0320. The second-order valence-corrected chi connectivity index (χ2v) is 29.2. The van der Waals surface area contributed by atoms with Gasteiger partial charge >= 0.3 is 5.97 Å². The molecule has 0 fully saturated rings. The minimum absolute atomic E-state index is 0.0173. The maximum absolute atomic E-state index is 12.6. The Kier molecular flexibility index (Phi) is 78.8. The smallest absolute Gasteiger partial charge is 0.305 e. The van der Waals surface area contributed by atoms with Crippen molar-refractivity contribution in [3.63, 3.8) is 0 Å². The van der Waals surface area contributed by atoms with Crippen LogP contribution < -0.4 is 5.32 Å². The van der Waals surface area contributed by atoms with Crippen molar-refractivity contribution >= 4 is 11.9 Å². The highest BCUT2D eigenvalue weighted by atomic mass is 16.5. The highest BCUT2D eigenvalue weighted by Crippen LogP contribution is 2.21.